The Labute approximate surface area is 383 Å². The molecule has 0 radical (unpaired) electrons. The van der Waals surface area contributed by atoms with Gasteiger partial charge in [-0.15, -0.1) is 0 Å². The van der Waals surface area contributed by atoms with E-state index in [1.807, 2.05) is 54.6 Å². The van der Waals surface area contributed by atoms with Crippen molar-refractivity contribution >= 4 is 76.3 Å². The number of hydrogen-bond donors (Lipinski definition) is 0. The van der Waals surface area contributed by atoms with Gasteiger partial charge in [0.1, 0.15) is 5.52 Å². The van der Waals surface area contributed by atoms with Crippen molar-refractivity contribution in [2.75, 3.05) is 0 Å². The molecule has 4 aromatic heterocycles. The van der Waals surface area contributed by atoms with E-state index in [1.54, 1.807) is 0 Å². The summed E-state index contributed by atoms with van der Waals surface area (Å²) in [4.78, 5) is 20.8. The van der Waals surface area contributed by atoms with Crippen LogP contribution in [0.4, 0.5) is 0 Å². The Morgan fingerprint density at radius 2 is 0.940 bits per heavy atom. The molecule has 0 atom stereocenters. The van der Waals surface area contributed by atoms with Gasteiger partial charge in [0, 0.05) is 49.5 Å². The minimum atomic E-state index is 0.552. The summed E-state index contributed by atoms with van der Waals surface area (Å²) >= 11 is 0. The van der Waals surface area contributed by atoms with E-state index in [0.29, 0.717) is 23.5 Å². The van der Waals surface area contributed by atoms with Gasteiger partial charge in [-0.2, -0.15) is 9.97 Å². The van der Waals surface area contributed by atoms with E-state index in [-0.39, 0.29) is 0 Å². The van der Waals surface area contributed by atoms with Crippen LogP contribution in [0.15, 0.2) is 223 Å². The summed E-state index contributed by atoms with van der Waals surface area (Å²) < 4.78 is 11.1. The Bertz CT molecular complexity index is 4280. The zero-order valence-corrected chi connectivity index (χ0v) is 35.9. The predicted molar refractivity (Wildman–Crippen MR) is 273 cm³/mol. The lowest BCUT2D eigenvalue weighted by Gasteiger charge is -2.14. The summed E-state index contributed by atoms with van der Waals surface area (Å²) in [6.45, 7) is 0. The van der Waals surface area contributed by atoms with Gasteiger partial charge in [0.2, 0.25) is 11.8 Å². The summed E-state index contributed by atoms with van der Waals surface area (Å²) in [5.74, 6) is 2.39. The molecular weight excluding hydrogens is 821 g/mol. The maximum absolute atomic E-state index is 6.45. The first kappa shape index (κ1) is 37.2. The molecule has 312 valence electrons. The molecule has 0 spiro atoms. The maximum Gasteiger partial charge on any atom is 0.238 e. The van der Waals surface area contributed by atoms with Crippen LogP contribution in [0.2, 0.25) is 0 Å². The van der Waals surface area contributed by atoms with Crippen LogP contribution in [0.1, 0.15) is 0 Å². The van der Waals surface area contributed by atoms with Gasteiger partial charge in [0.05, 0.1) is 22.1 Å². The van der Waals surface area contributed by atoms with Crippen molar-refractivity contribution in [3.63, 3.8) is 0 Å². The van der Waals surface area contributed by atoms with E-state index >= 15 is 0 Å². The highest BCUT2D eigenvalue weighted by atomic mass is 16.3. The molecule has 0 saturated heterocycles. The van der Waals surface area contributed by atoms with Crippen molar-refractivity contribution in [2.45, 2.75) is 0 Å². The summed E-state index contributed by atoms with van der Waals surface area (Å²) in [5, 5.41) is 9.00. The van der Waals surface area contributed by atoms with Gasteiger partial charge < -0.3 is 8.98 Å². The standard InChI is InChI=1S/C60H36N6O/c1-3-16-38(17-4-1)57-62-58(50-25-13-20-37-15-7-8-21-44(37)50)64-60(63-57)66-53-28-12-10-23-47(53)49-34-33-48-46-22-9-11-27-52(46)65(54(48)55(49)66)43-32-31-40-35-42(30-29-41(40)36-43)45-24-14-26-51-56(45)67-59(61-51)39-18-5-2-6-19-39/h1-36H. The van der Waals surface area contributed by atoms with Gasteiger partial charge in [0.15, 0.2) is 17.2 Å². The van der Waals surface area contributed by atoms with Crippen LogP contribution in [-0.4, -0.2) is 29.1 Å². The largest absolute Gasteiger partial charge is 0.435 e. The highest BCUT2D eigenvalue weighted by Gasteiger charge is 2.24. The lowest BCUT2D eigenvalue weighted by Crippen LogP contribution is -2.07. The van der Waals surface area contributed by atoms with Crippen molar-refractivity contribution in [3.05, 3.63) is 218 Å². The van der Waals surface area contributed by atoms with Gasteiger partial charge in [0.25, 0.3) is 0 Å². The maximum atomic E-state index is 6.45. The average Bonchev–Trinajstić information content (AvgIpc) is 4.09. The second-order valence-corrected chi connectivity index (χ2v) is 17.0. The molecule has 0 fully saturated rings. The molecule has 0 amide bonds. The Morgan fingerprint density at radius 1 is 0.343 bits per heavy atom. The van der Waals surface area contributed by atoms with Crippen LogP contribution in [-0.2, 0) is 0 Å². The molecule has 0 aliphatic heterocycles. The smallest absolute Gasteiger partial charge is 0.238 e. The van der Waals surface area contributed by atoms with Gasteiger partial charge in [-0.1, -0.05) is 170 Å². The third-order valence-electron chi connectivity index (χ3n) is 13.2. The highest BCUT2D eigenvalue weighted by Crippen LogP contribution is 2.43. The number of nitrogens with zero attached hydrogens (tertiary/aromatic N) is 6. The van der Waals surface area contributed by atoms with Gasteiger partial charge >= 0.3 is 0 Å². The topological polar surface area (TPSA) is 74.6 Å². The number of benzene rings is 10. The van der Waals surface area contributed by atoms with Crippen LogP contribution in [0.25, 0.3) is 133 Å². The number of fused-ring (bicyclic) bond motifs is 10. The van der Waals surface area contributed by atoms with E-state index in [9.17, 15) is 0 Å². The molecule has 10 aromatic carbocycles. The molecule has 0 aliphatic carbocycles. The fourth-order valence-corrected chi connectivity index (χ4v) is 10.1. The van der Waals surface area contributed by atoms with Gasteiger partial charge in [-0.25, -0.2) is 9.97 Å². The lowest BCUT2D eigenvalue weighted by molar-refractivity contribution is 0.621. The zero-order valence-electron chi connectivity index (χ0n) is 35.9. The Morgan fingerprint density at radius 3 is 1.73 bits per heavy atom. The molecular formula is C60H36N6O. The van der Waals surface area contributed by atoms with Crippen molar-refractivity contribution in [2.24, 2.45) is 0 Å². The van der Waals surface area contributed by atoms with Gasteiger partial charge in [-0.05, 0) is 75.6 Å². The summed E-state index contributed by atoms with van der Waals surface area (Å²) in [5.41, 5.74) is 11.8. The first-order chi connectivity index (χ1) is 33.2. The van der Waals surface area contributed by atoms with Crippen LogP contribution in [0, 0.1) is 0 Å². The average molecular weight is 857 g/mol. The summed E-state index contributed by atoms with van der Waals surface area (Å²) in [7, 11) is 0. The van der Waals surface area contributed by atoms with E-state index in [4.69, 9.17) is 24.4 Å². The molecule has 0 bridgehead atoms. The lowest BCUT2D eigenvalue weighted by atomic mass is 10.00. The number of hydrogen-bond acceptors (Lipinski definition) is 5. The van der Waals surface area contributed by atoms with Crippen LogP contribution >= 0.6 is 0 Å². The molecule has 7 heteroatoms. The van der Waals surface area contributed by atoms with E-state index in [1.165, 1.54) is 5.39 Å². The van der Waals surface area contributed by atoms with Crippen molar-refractivity contribution in [3.8, 4) is 57.0 Å². The molecule has 0 N–H and O–H groups in total. The third-order valence-corrected chi connectivity index (χ3v) is 13.2. The fourth-order valence-electron chi connectivity index (χ4n) is 10.1. The molecule has 14 aromatic rings. The minimum absolute atomic E-state index is 0.552. The number of aromatic nitrogens is 6. The molecule has 7 nitrogen and oxygen atoms in total. The Hall–Kier alpha value is -9.20. The Balaban J connectivity index is 1.00. The third kappa shape index (κ3) is 5.85. The van der Waals surface area contributed by atoms with Crippen molar-refractivity contribution in [1.82, 2.24) is 29.1 Å². The Kier molecular flexibility index (Phi) is 8.15. The molecule has 0 unspecified atom stereocenters. The SMILES string of the molecule is c1ccc(-c2nc(-c3cccc4ccccc34)nc(-n3c4ccccc4c4ccc5c6ccccc6n(-c6ccc7cc(-c8cccc9nc(-c%10ccccc%10)oc89)ccc7c6)c5c43)n2)cc1. The normalized spacial score (nSPS) is 11.9. The zero-order chi connectivity index (χ0) is 44.0. The predicted octanol–water partition coefficient (Wildman–Crippen LogP) is 15.2. The summed E-state index contributed by atoms with van der Waals surface area (Å²) in [6.07, 6.45) is 0. The highest BCUT2D eigenvalue weighted by molar-refractivity contribution is 6.24. The van der Waals surface area contributed by atoms with Crippen LogP contribution < -0.4 is 0 Å². The molecule has 14 rings (SSSR count). The number of rotatable bonds is 6. The monoisotopic (exact) mass is 856 g/mol. The van der Waals surface area contributed by atoms with Crippen molar-refractivity contribution < 1.29 is 4.42 Å². The van der Waals surface area contributed by atoms with E-state index in [2.05, 4.69) is 173 Å². The molecule has 0 saturated carbocycles. The quantitative estimate of drug-likeness (QED) is 0.167. The van der Waals surface area contributed by atoms with Crippen molar-refractivity contribution in [1.29, 1.82) is 0 Å². The number of oxazole rings is 1. The summed E-state index contributed by atoms with van der Waals surface area (Å²) in [6, 6.07) is 76.4. The molecule has 0 aliphatic rings. The second kappa shape index (κ2) is 14.7. The van der Waals surface area contributed by atoms with E-state index < -0.39 is 0 Å². The van der Waals surface area contributed by atoms with Crippen LogP contribution in [0.5, 0.6) is 0 Å². The first-order valence-corrected chi connectivity index (χ1v) is 22.5. The minimum Gasteiger partial charge on any atom is -0.435 e. The second-order valence-electron chi connectivity index (χ2n) is 17.0. The molecule has 67 heavy (non-hydrogen) atoms. The van der Waals surface area contributed by atoms with Crippen LogP contribution in [0.3, 0.4) is 0 Å². The first-order valence-electron chi connectivity index (χ1n) is 22.5. The number of para-hydroxylation sites is 3. The van der Waals surface area contributed by atoms with Gasteiger partial charge in [-0.3, -0.25) is 4.57 Å². The van der Waals surface area contributed by atoms with E-state index in [0.717, 1.165) is 104 Å². The fraction of sp³-hybridized carbons (Fsp3) is 0. The molecule has 4 heterocycles.